The van der Waals surface area contributed by atoms with Crippen LogP contribution in [0.3, 0.4) is 0 Å². The molecule has 6 nitrogen and oxygen atoms in total. The van der Waals surface area contributed by atoms with Crippen molar-refractivity contribution in [3.8, 4) is 0 Å². The third-order valence-corrected chi connectivity index (χ3v) is 6.25. The van der Waals surface area contributed by atoms with Gasteiger partial charge in [-0.1, -0.05) is 6.07 Å². The van der Waals surface area contributed by atoms with Crippen molar-refractivity contribution >= 4 is 20.9 Å². The van der Waals surface area contributed by atoms with Crippen molar-refractivity contribution in [1.82, 2.24) is 9.13 Å². The molecular formula is C14H19N3O3S. The highest BCUT2D eigenvalue weighted by Gasteiger charge is 2.32. The zero-order valence-corrected chi connectivity index (χ0v) is 12.9. The van der Waals surface area contributed by atoms with Gasteiger partial charge in [0.15, 0.2) is 9.84 Å². The molecule has 114 valence electrons. The van der Waals surface area contributed by atoms with E-state index in [0.717, 1.165) is 16.6 Å². The van der Waals surface area contributed by atoms with Gasteiger partial charge in [-0.15, -0.1) is 0 Å². The van der Waals surface area contributed by atoms with Crippen LogP contribution in [0.1, 0.15) is 18.0 Å². The van der Waals surface area contributed by atoms with Crippen LogP contribution in [0.2, 0.25) is 0 Å². The lowest BCUT2D eigenvalue weighted by Crippen LogP contribution is -2.22. The summed E-state index contributed by atoms with van der Waals surface area (Å²) >= 11 is 0. The summed E-state index contributed by atoms with van der Waals surface area (Å²) in [6.07, 6.45) is 0.606. The van der Waals surface area contributed by atoms with E-state index in [-0.39, 0.29) is 29.2 Å². The normalized spacial score (nSPS) is 22.7. The van der Waals surface area contributed by atoms with E-state index in [2.05, 4.69) is 0 Å². The summed E-state index contributed by atoms with van der Waals surface area (Å²) in [5, 5.41) is 0. The number of hydrogen-bond acceptors (Lipinski definition) is 4. The Hall–Kier alpha value is -1.60. The molecule has 1 aliphatic rings. The van der Waals surface area contributed by atoms with E-state index >= 15 is 0 Å². The first kappa shape index (κ1) is 14.3. The van der Waals surface area contributed by atoms with E-state index in [0.29, 0.717) is 6.42 Å². The van der Waals surface area contributed by atoms with Crippen molar-refractivity contribution < 1.29 is 8.42 Å². The average molecular weight is 309 g/mol. The number of sulfone groups is 1. The maximum Gasteiger partial charge on any atom is 0.328 e. The van der Waals surface area contributed by atoms with Crippen LogP contribution < -0.4 is 11.4 Å². The number of rotatable bonds is 2. The molecule has 2 aromatic rings. The summed E-state index contributed by atoms with van der Waals surface area (Å²) in [5.74, 6) is 0.324. The maximum atomic E-state index is 11.9. The molecular weight excluding hydrogens is 290 g/mol. The Morgan fingerprint density at radius 1 is 1.24 bits per heavy atom. The van der Waals surface area contributed by atoms with Gasteiger partial charge in [-0.25, -0.2) is 13.2 Å². The van der Waals surface area contributed by atoms with Crippen molar-refractivity contribution in [2.75, 3.05) is 11.5 Å². The third-order valence-electron chi connectivity index (χ3n) is 4.46. The zero-order valence-electron chi connectivity index (χ0n) is 12.1. The fourth-order valence-corrected chi connectivity index (χ4v) is 4.97. The molecule has 1 aliphatic heterocycles. The van der Waals surface area contributed by atoms with Crippen LogP contribution in [0.5, 0.6) is 0 Å². The van der Waals surface area contributed by atoms with Gasteiger partial charge in [-0.3, -0.25) is 9.13 Å². The van der Waals surface area contributed by atoms with Crippen molar-refractivity contribution in [1.29, 1.82) is 0 Å². The van der Waals surface area contributed by atoms with Crippen LogP contribution in [0.25, 0.3) is 11.0 Å². The van der Waals surface area contributed by atoms with Crippen LogP contribution >= 0.6 is 0 Å². The molecule has 7 heteroatoms. The quantitative estimate of drug-likeness (QED) is 0.865. The highest BCUT2D eigenvalue weighted by Crippen LogP contribution is 2.30. The second kappa shape index (κ2) is 4.71. The smallest absolute Gasteiger partial charge is 0.324 e. The van der Waals surface area contributed by atoms with Gasteiger partial charge >= 0.3 is 5.69 Å². The van der Waals surface area contributed by atoms with E-state index in [1.165, 1.54) is 0 Å². The number of aryl methyl sites for hydroxylation is 2. The van der Waals surface area contributed by atoms with E-state index in [1.807, 2.05) is 18.2 Å². The number of imidazole rings is 1. The Morgan fingerprint density at radius 2 is 1.90 bits per heavy atom. The number of benzene rings is 1. The van der Waals surface area contributed by atoms with Crippen molar-refractivity contribution in [3.05, 3.63) is 34.2 Å². The summed E-state index contributed by atoms with van der Waals surface area (Å²) < 4.78 is 26.3. The van der Waals surface area contributed by atoms with Crippen molar-refractivity contribution in [2.24, 2.45) is 25.7 Å². The van der Waals surface area contributed by atoms with Crippen molar-refractivity contribution in [2.45, 2.75) is 12.5 Å². The average Bonchev–Trinajstić information content (AvgIpc) is 2.92. The van der Waals surface area contributed by atoms with Crippen LogP contribution in [-0.2, 0) is 23.9 Å². The Balaban J connectivity index is 2.02. The van der Waals surface area contributed by atoms with Crippen LogP contribution in [0, 0.1) is 5.92 Å². The first-order valence-corrected chi connectivity index (χ1v) is 8.73. The lowest BCUT2D eigenvalue weighted by molar-refractivity contribution is 0.480. The highest BCUT2D eigenvalue weighted by atomic mass is 32.2. The molecule has 1 aromatic heterocycles. The van der Waals surface area contributed by atoms with Gasteiger partial charge in [0, 0.05) is 20.1 Å². The van der Waals surface area contributed by atoms with Gasteiger partial charge in [0.1, 0.15) is 0 Å². The van der Waals surface area contributed by atoms with E-state index in [9.17, 15) is 13.2 Å². The minimum absolute atomic E-state index is 0.0480. The Kier molecular flexibility index (Phi) is 3.22. The van der Waals surface area contributed by atoms with Gasteiger partial charge < -0.3 is 5.73 Å². The summed E-state index contributed by atoms with van der Waals surface area (Å²) in [6.45, 7) is 0. The third kappa shape index (κ3) is 2.30. The Labute approximate surface area is 123 Å². The molecule has 21 heavy (non-hydrogen) atoms. The molecule has 2 heterocycles. The first-order valence-electron chi connectivity index (χ1n) is 6.91. The second-order valence-corrected chi connectivity index (χ2v) is 8.07. The van der Waals surface area contributed by atoms with Crippen LogP contribution in [0.4, 0.5) is 0 Å². The van der Waals surface area contributed by atoms with Crippen LogP contribution in [-0.4, -0.2) is 29.1 Å². The number of hydrogen-bond donors (Lipinski definition) is 1. The first-order chi connectivity index (χ1) is 9.80. The number of fused-ring (bicyclic) bond motifs is 1. The SMILES string of the molecule is Cn1c(=O)n(C)c2cc(C(N)C3CCS(=O)(=O)C3)ccc21. The predicted molar refractivity (Wildman–Crippen MR) is 81.8 cm³/mol. The lowest BCUT2D eigenvalue weighted by atomic mass is 9.93. The molecule has 2 atom stereocenters. The van der Waals surface area contributed by atoms with Gasteiger partial charge in [-0.2, -0.15) is 0 Å². The molecule has 2 unspecified atom stereocenters. The zero-order chi connectivity index (χ0) is 15.4. The summed E-state index contributed by atoms with van der Waals surface area (Å²) in [7, 11) is 0.511. The topological polar surface area (TPSA) is 87.1 Å². The molecule has 0 aliphatic carbocycles. The van der Waals surface area contributed by atoms with E-state index < -0.39 is 9.84 Å². The van der Waals surface area contributed by atoms with E-state index in [4.69, 9.17) is 5.73 Å². The molecule has 1 saturated heterocycles. The molecule has 0 amide bonds. The Morgan fingerprint density at radius 3 is 2.52 bits per heavy atom. The lowest BCUT2D eigenvalue weighted by Gasteiger charge is -2.18. The maximum absolute atomic E-state index is 11.9. The molecule has 1 aromatic carbocycles. The minimum Gasteiger partial charge on any atom is -0.324 e. The number of aromatic nitrogens is 2. The minimum atomic E-state index is -2.94. The highest BCUT2D eigenvalue weighted by molar-refractivity contribution is 7.91. The second-order valence-electron chi connectivity index (χ2n) is 5.84. The monoisotopic (exact) mass is 309 g/mol. The molecule has 0 spiro atoms. The molecule has 0 bridgehead atoms. The Bertz CT molecular complexity index is 863. The molecule has 1 fully saturated rings. The molecule has 0 radical (unpaired) electrons. The van der Waals surface area contributed by atoms with Crippen LogP contribution in [0.15, 0.2) is 23.0 Å². The summed E-state index contributed by atoms with van der Waals surface area (Å²) in [4.78, 5) is 11.9. The summed E-state index contributed by atoms with van der Waals surface area (Å²) in [5.41, 5.74) is 8.71. The predicted octanol–water partition coefficient (Wildman–Crippen LogP) is 0.311. The fraction of sp³-hybridized carbons (Fsp3) is 0.500. The molecule has 2 N–H and O–H groups in total. The van der Waals surface area contributed by atoms with Gasteiger partial charge in [0.25, 0.3) is 0 Å². The fourth-order valence-electron chi connectivity index (χ4n) is 3.11. The largest absolute Gasteiger partial charge is 0.328 e. The summed E-state index contributed by atoms with van der Waals surface area (Å²) in [6, 6.07) is 5.33. The standard InChI is InChI=1S/C14H19N3O3S/c1-16-11-4-3-9(7-12(11)17(2)14(16)18)13(15)10-5-6-21(19,20)8-10/h3-4,7,10,13H,5-6,8,15H2,1-2H3. The van der Waals surface area contributed by atoms with Crippen molar-refractivity contribution in [3.63, 3.8) is 0 Å². The molecule has 0 saturated carbocycles. The van der Waals surface area contributed by atoms with Gasteiger partial charge in [-0.05, 0) is 30.0 Å². The van der Waals surface area contributed by atoms with Gasteiger partial charge in [0.2, 0.25) is 0 Å². The molecule has 3 rings (SSSR count). The van der Waals surface area contributed by atoms with Gasteiger partial charge in [0.05, 0.1) is 22.5 Å². The number of nitrogens with zero attached hydrogens (tertiary/aromatic N) is 2. The number of nitrogens with two attached hydrogens (primary N) is 1. The van der Waals surface area contributed by atoms with E-state index in [1.54, 1.807) is 23.2 Å².